The summed E-state index contributed by atoms with van der Waals surface area (Å²) in [5, 5.41) is 16.7. The first-order valence-electron chi connectivity index (χ1n) is 11.9. The minimum Gasteiger partial charge on any atom is -0.486 e. The molecular weight excluding hydrogens is 442 g/mol. The van der Waals surface area contributed by atoms with Crippen LogP contribution in [-0.4, -0.2) is 35.8 Å². The predicted octanol–water partition coefficient (Wildman–Crippen LogP) is 4.28. The molecule has 0 atom stereocenters. The van der Waals surface area contributed by atoms with E-state index >= 15 is 0 Å². The first-order valence-corrected chi connectivity index (χ1v) is 11.9. The van der Waals surface area contributed by atoms with Crippen LogP contribution < -0.4 is 26.2 Å². The number of hydrazine groups is 1. The fourth-order valence-corrected chi connectivity index (χ4v) is 4.49. The van der Waals surface area contributed by atoms with Gasteiger partial charge in [-0.15, -0.1) is 0 Å². The standard InChI is InChI=1S/C26H29N7O2/c1-16(2)30-26(34)31-18-8-6-17(7-9-18)25-22(13-27)21-11-10-20(35-14-24-28-15-29-32-24)12-23(21)33(25)19-4-3-5-19/h6-12,16,19,29H,3-5,14-15H2,1-2H3,(H,28,32)(H2,30,31,34). The summed E-state index contributed by atoms with van der Waals surface area (Å²) in [5.41, 5.74) is 10.1. The van der Waals surface area contributed by atoms with Gasteiger partial charge in [0.25, 0.3) is 0 Å². The Kier molecular flexibility index (Phi) is 6.29. The van der Waals surface area contributed by atoms with Gasteiger partial charge in [-0.2, -0.15) is 5.26 Å². The molecule has 1 aliphatic heterocycles. The van der Waals surface area contributed by atoms with E-state index in [2.05, 4.69) is 37.1 Å². The van der Waals surface area contributed by atoms with Crippen molar-refractivity contribution < 1.29 is 9.53 Å². The summed E-state index contributed by atoms with van der Waals surface area (Å²) in [6, 6.07) is 16.2. The highest BCUT2D eigenvalue weighted by atomic mass is 16.5. The number of ether oxygens (including phenoxy) is 1. The summed E-state index contributed by atoms with van der Waals surface area (Å²) in [6.07, 6.45) is 3.33. The van der Waals surface area contributed by atoms with E-state index in [-0.39, 0.29) is 12.1 Å². The Morgan fingerprint density at radius 2 is 2.06 bits per heavy atom. The molecule has 0 bridgehead atoms. The second-order valence-electron chi connectivity index (χ2n) is 9.15. The molecule has 2 aromatic carbocycles. The van der Waals surface area contributed by atoms with Gasteiger partial charge in [-0.1, -0.05) is 12.1 Å². The lowest BCUT2D eigenvalue weighted by Gasteiger charge is -2.30. The second kappa shape index (κ2) is 9.68. The smallest absolute Gasteiger partial charge is 0.319 e. The molecule has 0 saturated heterocycles. The summed E-state index contributed by atoms with van der Waals surface area (Å²) in [6.45, 7) is 4.71. The molecular formula is C26H29N7O2. The second-order valence-corrected chi connectivity index (χ2v) is 9.15. The van der Waals surface area contributed by atoms with Gasteiger partial charge in [0.1, 0.15) is 25.1 Å². The van der Waals surface area contributed by atoms with Crippen LogP contribution in [0.15, 0.2) is 47.5 Å². The number of amides is 2. The normalized spacial score (nSPS) is 15.3. The molecule has 1 saturated carbocycles. The molecule has 9 heteroatoms. The lowest BCUT2D eigenvalue weighted by atomic mass is 9.92. The maximum Gasteiger partial charge on any atom is 0.319 e. The van der Waals surface area contributed by atoms with Crippen LogP contribution in [0.25, 0.3) is 22.2 Å². The van der Waals surface area contributed by atoms with Gasteiger partial charge in [0.2, 0.25) is 0 Å². The summed E-state index contributed by atoms with van der Waals surface area (Å²) in [4.78, 5) is 16.3. The Morgan fingerprint density at radius 3 is 2.69 bits per heavy atom. The number of aliphatic imine (C=N–C) groups is 1. The highest BCUT2D eigenvalue weighted by Crippen LogP contribution is 2.43. The van der Waals surface area contributed by atoms with Crippen molar-refractivity contribution in [3.63, 3.8) is 0 Å². The molecule has 2 heterocycles. The van der Waals surface area contributed by atoms with Crippen LogP contribution in [0.5, 0.6) is 5.75 Å². The van der Waals surface area contributed by atoms with E-state index in [9.17, 15) is 10.1 Å². The van der Waals surface area contributed by atoms with Crippen molar-refractivity contribution in [1.82, 2.24) is 20.7 Å². The topological polar surface area (TPSA) is 116 Å². The Morgan fingerprint density at radius 1 is 1.26 bits per heavy atom. The minimum atomic E-state index is -0.240. The summed E-state index contributed by atoms with van der Waals surface area (Å²) >= 11 is 0. The summed E-state index contributed by atoms with van der Waals surface area (Å²) in [5.74, 6) is 1.49. The number of benzene rings is 2. The van der Waals surface area contributed by atoms with Crippen LogP contribution in [0.1, 0.15) is 44.7 Å². The zero-order valence-corrected chi connectivity index (χ0v) is 19.9. The number of carbonyl (C=O) groups is 1. The van der Waals surface area contributed by atoms with Crippen LogP contribution >= 0.6 is 0 Å². The van der Waals surface area contributed by atoms with Crippen molar-refractivity contribution >= 4 is 28.5 Å². The van der Waals surface area contributed by atoms with Crippen molar-refractivity contribution in [2.75, 3.05) is 18.6 Å². The van der Waals surface area contributed by atoms with Gasteiger partial charge in [0.05, 0.1) is 16.8 Å². The van der Waals surface area contributed by atoms with Crippen LogP contribution in [-0.2, 0) is 0 Å². The molecule has 0 unspecified atom stereocenters. The van der Waals surface area contributed by atoms with Crippen molar-refractivity contribution in [1.29, 1.82) is 5.26 Å². The molecule has 9 nitrogen and oxygen atoms in total. The molecule has 1 aromatic heterocycles. The maximum atomic E-state index is 12.1. The molecule has 1 fully saturated rings. The number of hydrogen-bond acceptors (Lipinski definition) is 6. The van der Waals surface area contributed by atoms with Gasteiger partial charge in [-0.3, -0.25) is 4.99 Å². The number of nitrogens with one attached hydrogen (secondary N) is 4. The third-order valence-corrected chi connectivity index (χ3v) is 6.32. The Hall–Kier alpha value is -4.03. The number of carbonyl (C=O) groups excluding carboxylic acids is 1. The Balaban J connectivity index is 1.50. The lowest BCUT2D eigenvalue weighted by molar-refractivity contribution is 0.250. The monoisotopic (exact) mass is 471 g/mol. The summed E-state index contributed by atoms with van der Waals surface area (Å²) < 4.78 is 8.27. The van der Waals surface area contributed by atoms with Crippen LogP contribution in [0.2, 0.25) is 0 Å². The number of rotatable bonds is 7. The van der Waals surface area contributed by atoms with Crippen LogP contribution in [0, 0.1) is 11.3 Å². The van der Waals surface area contributed by atoms with Crippen molar-refractivity contribution in [3.05, 3.63) is 48.0 Å². The average Bonchev–Trinajstić information content (AvgIpc) is 3.43. The molecule has 0 spiro atoms. The molecule has 0 radical (unpaired) electrons. The zero-order valence-electron chi connectivity index (χ0n) is 19.9. The molecule has 2 aliphatic rings. The number of anilines is 1. The van der Waals surface area contributed by atoms with Gasteiger partial charge in [-0.05, 0) is 62.9 Å². The maximum absolute atomic E-state index is 12.1. The number of hydrogen-bond donors (Lipinski definition) is 4. The van der Waals surface area contributed by atoms with E-state index in [1.807, 2.05) is 56.3 Å². The Bertz CT molecular complexity index is 1310. The van der Waals surface area contributed by atoms with Gasteiger partial charge in [0.15, 0.2) is 5.84 Å². The lowest BCUT2D eigenvalue weighted by Crippen LogP contribution is -2.34. The number of nitriles is 1. The zero-order chi connectivity index (χ0) is 24.4. The minimum absolute atomic E-state index is 0.0543. The van der Waals surface area contributed by atoms with E-state index in [0.717, 1.165) is 46.6 Å². The Labute approximate surface area is 204 Å². The number of fused-ring (bicyclic) bond motifs is 1. The van der Waals surface area contributed by atoms with Crippen LogP contribution in [0.3, 0.4) is 0 Å². The number of aromatic nitrogens is 1. The number of nitrogens with zero attached hydrogens (tertiary/aromatic N) is 3. The molecule has 1 aliphatic carbocycles. The molecule has 4 N–H and O–H groups in total. The largest absolute Gasteiger partial charge is 0.486 e. The van der Waals surface area contributed by atoms with Gasteiger partial charge in [0, 0.05) is 29.2 Å². The van der Waals surface area contributed by atoms with E-state index in [4.69, 9.17) is 4.74 Å². The van der Waals surface area contributed by atoms with Crippen molar-refractivity contribution in [2.45, 2.75) is 45.2 Å². The average molecular weight is 472 g/mol. The van der Waals surface area contributed by atoms with E-state index in [0.29, 0.717) is 30.6 Å². The molecule has 5 rings (SSSR count). The van der Waals surface area contributed by atoms with Gasteiger partial charge < -0.3 is 25.4 Å². The fourth-order valence-electron chi connectivity index (χ4n) is 4.49. The van der Waals surface area contributed by atoms with Crippen molar-refractivity contribution in [3.8, 4) is 23.1 Å². The molecule has 3 aromatic rings. The third-order valence-electron chi connectivity index (χ3n) is 6.32. The van der Waals surface area contributed by atoms with E-state index < -0.39 is 0 Å². The summed E-state index contributed by atoms with van der Waals surface area (Å²) in [7, 11) is 0. The quantitative estimate of drug-likeness (QED) is 0.411. The fraction of sp³-hybridized carbons (Fsp3) is 0.346. The number of amidine groups is 1. The van der Waals surface area contributed by atoms with Crippen LogP contribution in [0.4, 0.5) is 10.5 Å². The first-order chi connectivity index (χ1) is 17.0. The van der Waals surface area contributed by atoms with Gasteiger partial charge in [-0.25, -0.2) is 10.2 Å². The molecule has 35 heavy (non-hydrogen) atoms. The highest BCUT2D eigenvalue weighted by Gasteiger charge is 2.28. The predicted molar refractivity (Wildman–Crippen MR) is 136 cm³/mol. The SMILES string of the molecule is CC(C)NC(=O)Nc1ccc(-c2c(C#N)c3ccc(OCC4=NCNN4)cc3n2C2CCC2)cc1. The molecule has 2 amide bonds. The highest BCUT2D eigenvalue weighted by molar-refractivity contribution is 5.96. The van der Waals surface area contributed by atoms with Crippen molar-refractivity contribution in [2.24, 2.45) is 4.99 Å². The molecule has 180 valence electrons. The van der Waals surface area contributed by atoms with E-state index in [1.165, 1.54) is 6.42 Å². The third kappa shape index (κ3) is 4.66. The van der Waals surface area contributed by atoms with E-state index in [1.54, 1.807) is 0 Å². The number of urea groups is 1. The van der Waals surface area contributed by atoms with Gasteiger partial charge >= 0.3 is 6.03 Å². The first kappa shape index (κ1) is 22.7.